The van der Waals surface area contributed by atoms with E-state index in [9.17, 15) is 15.0 Å². The molecule has 2 N–H and O–H groups in total. The van der Waals surface area contributed by atoms with E-state index in [1.165, 1.54) is 25.7 Å². The van der Waals surface area contributed by atoms with Crippen molar-refractivity contribution in [2.24, 2.45) is 52.3 Å². The lowest BCUT2D eigenvalue weighted by Gasteiger charge is -2.64. The fourth-order valence-corrected chi connectivity index (χ4v) is 10.5. The minimum Gasteiger partial charge on any atom is -0.449 e. The van der Waals surface area contributed by atoms with Gasteiger partial charge < -0.3 is 24.6 Å². The van der Waals surface area contributed by atoms with Crippen molar-refractivity contribution in [3.8, 4) is 0 Å². The monoisotopic (exact) mass is 519 g/mol. The Balaban J connectivity index is 1.22. The number of fused-ring (bicyclic) bond motifs is 5. The van der Waals surface area contributed by atoms with Gasteiger partial charge in [-0.3, -0.25) is 0 Å². The number of amides is 1. The number of carbonyl (C=O) groups excluding carboxylic acids is 1. The van der Waals surface area contributed by atoms with Gasteiger partial charge in [-0.25, -0.2) is 4.79 Å². The zero-order chi connectivity index (χ0) is 26.4. The second-order valence-electron chi connectivity index (χ2n) is 14.0. The summed E-state index contributed by atoms with van der Waals surface area (Å²) in [5.41, 5.74) is 0.556. The van der Waals surface area contributed by atoms with Crippen molar-refractivity contribution < 1.29 is 24.5 Å². The molecule has 0 unspecified atom stereocenters. The van der Waals surface area contributed by atoms with Gasteiger partial charge in [-0.1, -0.05) is 34.1 Å². The molecular weight excluding hydrogens is 466 g/mol. The molecule has 0 spiro atoms. The van der Waals surface area contributed by atoms with Crippen LogP contribution in [-0.2, 0) is 9.47 Å². The molecule has 0 bridgehead atoms. The summed E-state index contributed by atoms with van der Waals surface area (Å²) in [5, 5.41) is 22.4. The van der Waals surface area contributed by atoms with Crippen LogP contribution < -0.4 is 0 Å². The number of nitrogens with zero attached hydrogens (tertiary/aromatic N) is 1. The van der Waals surface area contributed by atoms with Crippen LogP contribution in [0.4, 0.5) is 4.79 Å². The van der Waals surface area contributed by atoms with E-state index in [-0.39, 0.29) is 23.7 Å². The van der Waals surface area contributed by atoms with E-state index in [4.69, 9.17) is 9.47 Å². The summed E-state index contributed by atoms with van der Waals surface area (Å²) in [6, 6.07) is 0. The molecule has 0 aromatic heterocycles. The smallest absolute Gasteiger partial charge is 0.409 e. The number of hydrogen-bond acceptors (Lipinski definition) is 5. The Morgan fingerprint density at radius 1 is 1.03 bits per heavy atom. The molecular formula is C31H53NO5. The van der Waals surface area contributed by atoms with Crippen molar-refractivity contribution in [1.82, 2.24) is 4.90 Å². The Kier molecular flexibility index (Phi) is 8.21. The van der Waals surface area contributed by atoms with Crippen molar-refractivity contribution in [2.45, 2.75) is 104 Å². The van der Waals surface area contributed by atoms with Crippen molar-refractivity contribution in [1.29, 1.82) is 0 Å². The fourth-order valence-electron chi connectivity index (χ4n) is 10.5. The summed E-state index contributed by atoms with van der Waals surface area (Å²) in [7, 11) is 0. The molecule has 37 heavy (non-hydrogen) atoms. The van der Waals surface area contributed by atoms with Gasteiger partial charge in [0.2, 0.25) is 0 Å². The Morgan fingerprint density at radius 2 is 1.73 bits per heavy atom. The standard InChI is InChI=1S/C31H53NO5/c1-5-22-26-19-21(33)10-12-31(26,4)25-11-13-30(3)23(8-9-24(30)27(25)28(22)34)20(2)7-6-16-37-29(35)32-14-17-36-18-15-32/h20-28,33-34H,5-19H2,1-4H3/t20-,21-,22-,23-,24+,25+,26+,27+,28-,30-,31-/m1/s1. The van der Waals surface area contributed by atoms with Gasteiger partial charge in [0, 0.05) is 13.1 Å². The van der Waals surface area contributed by atoms with E-state index in [1.54, 1.807) is 4.90 Å². The number of carbonyl (C=O) groups is 1. The second-order valence-corrected chi connectivity index (χ2v) is 14.0. The Morgan fingerprint density at radius 3 is 2.46 bits per heavy atom. The highest BCUT2D eigenvalue weighted by Gasteiger charge is 2.64. The van der Waals surface area contributed by atoms with Crippen molar-refractivity contribution >= 4 is 6.09 Å². The number of aliphatic hydroxyl groups excluding tert-OH is 2. The molecule has 0 aromatic carbocycles. The lowest BCUT2D eigenvalue weighted by molar-refractivity contribution is -0.203. The van der Waals surface area contributed by atoms with Gasteiger partial charge in [0.25, 0.3) is 0 Å². The molecule has 1 aliphatic heterocycles. The molecule has 5 rings (SSSR count). The van der Waals surface area contributed by atoms with Crippen molar-refractivity contribution in [2.75, 3.05) is 32.9 Å². The normalized spacial score (nSPS) is 46.5. The summed E-state index contributed by atoms with van der Waals surface area (Å²) in [6.45, 7) is 12.7. The highest BCUT2D eigenvalue weighted by Crippen LogP contribution is 2.69. The maximum Gasteiger partial charge on any atom is 0.409 e. The second kappa shape index (κ2) is 11.0. The van der Waals surface area contributed by atoms with E-state index < -0.39 is 0 Å². The molecule has 4 aliphatic carbocycles. The fraction of sp³-hybridized carbons (Fsp3) is 0.968. The van der Waals surface area contributed by atoms with E-state index >= 15 is 0 Å². The predicted octanol–water partition coefficient (Wildman–Crippen LogP) is 5.50. The average Bonchev–Trinajstić information content (AvgIpc) is 3.25. The molecule has 4 saturated carbocycles. The lowest BCUT2D eigenvalue weighted by atomic mass is 9.41. The Hall–Kier alpha value is -0.850. The molecule has 5 aliphatic rings. The highest BCUT2D eigenvalue weighted by molar-refractivity contribution is 5.67. The summed E-state index contributed by atoms with van der Waals surface area (Å²) >= 11 is 0. The van der Waals surface area contributed by atoms with Gasteiger partial charge in [-0.2, -0.15) is 0 Å². The molecule has 1 heterocycles. The minimum atomic E-state index is -0.225. The van der Waals surface area contributed by atoms with Crippen LogP contribution in [0.5, 0.6) is 0 Å². The van der Waals surface area contributed by atoms with E-state index in [0.717, 1.165) is 38.5 Å². The van der Waals surface area contributed by atoms with Crippen LogP contribution in [0.25, 0.3) is 0 Å². The SMILES string of the molecule is CC[C@H]1[C@@H](O)[C@@H]2[C@H](CC[C@]3(C)[C@@H]([C@H](C)CCCOC(=O)N4CCOCC4)CC[C@@H]23)[C@@]2(C)CC[C@@H](O)C[C@@H]12. The first kappa shape index (κ1) is 27.7. The summed E-state index contributed by atoms with van der Waals surface area (Å²) in [6.07, 6.45) is 10.4. The molecule has 5 fully saturated rings. The highest BCUT2D eigenvalue weighted by atomic mass is 16.6. The minimum absolute atomic E-state index is 0.186. The molecule has 0 aromatic rings. The van der Waals surface area contributed by atoms with Crippen LogP contribution in [0.2, 0.25) is 0 Å². The van der Waals surface area contributed by atoms with Gasteiger partial charge >= 0.3 is 6.09 Å². The van der Waals surface area contributed by atoms with Gasteiger partial charge in [-0.05, 0) is 110 Å². The summed E-state index contributed by atoms with van der Waals surface area (Å²) < 4.78 is 10.9. The molecule has 1 saturated heterocycles. The maximum atomic E-state index is 12.3. The third-order valence-corrected chi connectivity index (χ3v) is 12.4. The molecule has 1 amide bonds. The quantitative estimate of drug-likeness (QED) is 0.453. The van der Waals surface area contributed by atoms with Gasteiger partial charge in [-0.15, -0.1) is 0 Å². The average molecular weight is 520 g/mol. The van der Waals surface area contributed by atoms with Crippen LogP contribution >= 0.6 is 0 Å². The third-order valence-electron chi connectivity index (χ3n) is 12.4. The first-order chi connectivity index (χ1) is 17.7. The van der Waals surface area contributed by atoms with Crippen LogP contribution in [0, 0.1) is 52.3 Å². The maximum absolute atomic E-state index is 12.3. The number of aliphatic hydroxyl groups is 2. The van der Waals surface area contributed by atoms with E-state index in [0.29, 0.717) is 79.8 Å². The Labute approximate surface area is 224 Å². The zero-order valence-electron chi connectivity index (χ0n) is 23.9. The molecule has 6 heteroatoms. The first-order valence-corrected chi connectivity index (χ1v) is 15.6. The van der Waals surface area contributed by atoms with Gasteiger partial charge in [0.1, 0.15) is 0 Å². The molecule has 0 radical (unpaired) electrons. The molecule has 212 valence electrons. The van der Waals surface area contributed by atoms with Crippen LogP contribution in [0.15, 0.2) is 0 Å². The number of ether oxygens (including phenoxy) is 2. The third kappa shape index (κ3) is 4.86. The lowest BCUT2D eigenvalue weighted by Crippen LogP contribution is -2.62. The van der Waals surface area contributed by atoms with Crippen LogP contribution in [0.1, 0.15) is 91.9 Å². The number of morpholine rings is 1. The Bertz CT molecular complexity index is 800. The van der Waals surface area contributed by atoms with E-state index in [1.807, 2.05) is 0 Å². The van der Waals surface area contributed by atoms with Crippen molar-refractivity contribution in [3.05, 3.63) is 0 Å². The van der Waals surface area contributed by atoms with Gasteiger partial charge in [0.05, 0.1) is 32.0 Å². The first-order valence-electron chi connectivity index (χ1n) is 15.6. The van der Waals surface area contributed by atoms with Crippen LogP contribution in [-0.4, -0.2) is 66.3 Å². The van der Waals surface area contributed by atoms with Crippen LogP contribution in [0.3, 0.4) is 0 Å². The zero-order valence-corrected chi connectivity index (χ0v) is 23.9. The molecule has 11 atom stereocenters. The topological polar surface area (TPSA) is 79.2 Å². The molecule has 6 nitrogen and oxygen atoms in total. The number of hydrogen-bond donors (Lipinski definition) is 2. The predicted molar refractivity (Wildman–Crippen MR) is 144 cm³/mol. The summed E-state index contributed by atoms with van der Waals surface area (Å²) in [4.78, 5) is 14.1. The van der Waals surface area contributed by atoms with Gasteiger partial charge in [0.15, 0.2) is 0 Å². The number of rotatable bonds is 6. The largest absolute Gasteiger partial charge is 0.449 e. The van der Waals surface area contributed by atoms with E-state index in [2.05, 4.69) is 27.7 Å². The summed E-state index contributed by atoms with van der Waals surface area (Å²) in [5.74, 6) is 3.66. The van der Waals surface area contributed by atoms with Crippen molar-refractivity contribution in [3.63, 3.8) is 0 Å².